The Labute approximate surface area is 112 Å². The monoisotopic (exact) mass is 265 g/mol. The van der Waals surface area contributed by atoms with Crippen molar-refractivity contribution in [2.24, 2.45) is 5.92 Å². The summed E-state index contributed by atoms with van der Waals surface area (Å²) in [6.07, 6.45) is 6.58. The molecule has 104 valence electrons. The second kappa shape index (κ2) is 5.91. The summed E-state index contributed by atoms with van der Waals surface area (Å²) in [6, 6.07) is 1.42. The minimum atomic E-state index is -1.14. The Morgan fingerprint density at radius 2 is 2.26 bits per heavy atom. The zero-order chi connectivity index (χ0) is 13.8. The lowest BCUT2D eigenvalue weighted by atomic mass is 9.84. The van der Waals surface area contributed by atoms with Crippen LogP contribution in [0.25, 0.3) is 0 Å². The molecular formula is C14H19NO4. The van der Waals surface area contributed by atoms with E-state index >= 15 is 0 Å². The molecule has 1 aliphatic carbocycles. The quantitative estimate of drug-likeness (QED) is 0.877. The fourth-order valence-corrected chi connectivity index (χ4v) is 2.70. The van der Waals surface area contributed by atoms with Crippen LogP contribution in [0.15, 0.2) is 16.7 Å². The van der Waals surface area contributed by atoms with Crippen LogP contribution in [-0.4, -0.2) is 23.0 Å². The maximum atomic E-state index is 12.0. The van der Waals surface area contributed by atoms with Gasteiger partial charge in [0.1, 0.15) is 5.56 Å². The fraction of sp³-hybridized carbons (Fsp3) is 0.571. The van der Waals surface area contributed by atoms with Crippen molar-refractivity contribution in [2.45, 2.75) is 45.1 Å². The molecule has 0 radical (unpaired) electrons. The molecule has 1 aromatic rings. The topological polar surface area (TPSA) is 79.5 Å². The lowest BCUT2D eigenvalue weighted by molar-refractivity contribution is 0.0686. The Morgan fingerprint density at radius 1 is 1.47 bits per heavy atom. The number of aromatic carboxylic acids is 1. The molecule has 1 heterocycles. The van der Waals surface area contributed by atoms with Crippen LogP contribution in [0.5, 0.6) is 0 Å². The first-order chi connectivity index (χ1) is 9.11. The molecule has 0 spiro atoms. The Kier molecular flexibility index (Phi) is 4.24. The average molecular weight is 265 g/mol. The van der Waals surface area contributed by atoms with E-state index in [2.05, 4.69) is 12.2 Å². The van der Waals surface area contributed by atoms with Gasteiger partial charge in [-0.05, 0) is 24.8 Å². The standard InChI is InChI=1S/C14H19NO4/c1-2-9-4-3-5-10(8-9)15-13(16)12-11(14(17)18)6-7-19-12/h6-7,9-10H,2-5,8H2,1H3,(H,15,16)(H,17,18). The minimum absolute atomic E-state index is 0.0830. The number of carbonyl (C=O) groups excluding carboxylic acids is 1. The summed E-state index contributed by atoms with van der Waals surface area (Å²) in [4.78, 5) is 23.0. The number of carboxylic acid groups (broad SMARTS) is 1. The third-order valence-corrected chi connectivity index (χ3v) is 3.80. The molecule has 2 unspecified atom stereocenters. The molecule has 0 bridgehead atoms. The Bertz CT molecular complexity index is 466. The average Bonchev–Trinajstić information content (AvgIpc) is 2.88. The molecule has 1 aliphatic rings. The normalized spacial score (nSPS) is 23.0. The second-order valence-corrected chi connectivity index (χ2v) is 5.08. The van der Waals surface area contributed by atoms with Gasteiger partial charge in [0, 0.05) is 6.04 Å². The van der Waals surface area contributed by atoms with Gasteiger partial charge >= 0.3 is 5.97 Å². The number of hydrogen-bond donors (Lipinski definition) is 2. The highest BCUT2D eigenvalue weighted by Gasteiger charge is 2.26. The van der Waals surface area contributed by atoms with Gasteiger partial charge in [-0.3, -0.25) is 4.79 Å². The van der Waals surface area contributed by atoms with E-state index in [0.29, 0.717) is 5.92 Å². The van der Waals surface area contributed by atoms with Gasteiger partial charge in [-0.15, -0.1) is 0 Å². The smallest absolute Gasteiger partial charge is 0.339 e. The number of carboxylic acids is 1. The molecular weight excluding hydrogens is 246 g/mol. The van der Waals surface area contributed by atoms with Gasteiger partial charge in [0.05, 0.1) is 6.26 Å². The largest absolute Gasteiger partial charge is 0.478 e. The summed E-state index contributed by atoms with van der Waals surface area (Å²) in [5, 5.41) is 11.8. The van der Waals surface area contributed by atoms with Crippen LogP contribution >= 0.6 is 0 Å². The maximum Gasteiger partial charge on any atom is 0.339 e. The van der Waals surface area contributed by atoms with Gasteiger partial charge in [0.2, 0.25) is 5.76 Å². The van der Waals surface area contributed by atoms with Crippen LogP contribution in [0, 0.1) is 5.92 Å². The van der Waals surface area contributed by atoms with E-state index in [-0.39, 0.29) is 17.4 Å². The molecule has 19 heavy (non-hydrogen) atoms. The lowest BCUT2D eigenvalue weighted by Gasteiger charge is -2.28. The summed E-state index contributed by atoms with van der Waals surface area (Å²) >= 11 is 0. The highest BCUT2D eigenvalue weighted by atomic mass is 16.4. The van der Waals surface area contributed by atoms with Crippen molar-refractivity contribution in [1.82, 2.24) is 5.32 Å². The molecule has 0 saturated heterocycles. The highest BCUT2D eigenvalue weighted by Crippen LogP contribution is 2.26. The first-order valence-electron chi connectivity index (χ1n) is 6.73. The number of hydrogen-bond acceptors (Lipinski definition) is 3. The molecule has 2 atom stereocenters. The molecule has 2 N–H and O–H groups in total. The summed E-state index contributed by atoms with van der Waals surface area (Å²) < 4.78 is 4.99. The van der Waals surface area contributed by atoms with Crippen molar-refractivity contribution < 1.29 is 19.1 Å². The van der Waals surface area contributed by atoms with Crippen molar-refractivity contribution in [3.63, 3.8) is 0 Å². The Hall–Kier alpha value is -1.78. The number of amides is 1. The van der Waals surface area contributed by atoms with Crippen molar-refractivity contribution >= 4 is 11.9 Å². The van der Waals surface area contributed by atoms with Crippen LogP contribution in [0.2, 0.25) is 0 Å². The molecule has 5 heteroatoms. The van der Waals surface area contributed by atoms with Gasteiger partial charge in [0.25, 0.3) is 5.91 Å². The van der Waals surface area contributed by atoms with Crippen LogP contribution in [-0.2, 0) is 0 Å². The van der Waals surface area contributed by atoms with Crippen molar-refractivity contribution in [3.8, 4) is 0 Å². The first kappa shape index (κ1) is 13.6. The van der Waals surface area contributed by atoms with Gasteiger partial charge in [-0.1, -0.05) is 26.2 Å². The molecule has 1 aromatic heterocycles. The Morgan fingerprint density at radius 3 is 2.95 bits per heavy atom. The minimum Gasteiger partial charge on any atom is -0.478 e. The van der Waals surface area contributed by atoms with Gasteiger partial charge in [-0.25, -0.2) is 4.79 Å². The van der Waals surface area contributed by atoms with E-state index in [1.54, 1.807) is 0 Å². The third-order valence-electron chi connectivity index (χ3n) is 3.80. The molecule has 1 saturated carbocycles. The molecule has 0 aromatic carbocycles. The predicted molar refractivity (Wildman–Crippen MR) is 69.2 cm³/mol. The van der Waals surface area contributed by atoms with Crippen LogP contribution < -0.4 is 5.32 Å². The van der Waals surface area contributed by atoms with Crippen molar-refractivity contribution in [3.05, 3.63) is 23.7 Å². The van der Waals surface area contributed by atoms with E-state index in [1.807, 2.05) is 0 Å². The SMILES string of the molecule is CCC1CCCC(NC(=O)c2occc2C(=O)O)C1. The summed E-state index contributed by atoms with van der Waals surface area (Å²) in [7, 11) is 0. The molecule has 5 nitrogen and oxygen atoms in total. The van der Waals surface area contributed by atoms with E-state index in [9.17, 15) is 9.59 Å². The number of nitrogens with one attached hydrogen (secondary N) is 1. The zero-order valence-electron chi connectivity index (χ0n) is 11.0. The van der Waals surface area contributed by atoms with Crippen LogP contribution in [0.3, 0.4) is 0 Å². The second-order valence-electron chi connectivity index (χ2n) is 5.08. The van der Waals surface area contributed by atoms with Crippen LogP contribution in [0.4, 0.5) is 0 Å². The van der Waals surface area contributed by atoms with Crippen molar-refractivity contribution in [2.75, 3.05) is 0 Å². The van der Waals surface area contributed by atoms with Gasteiger partial charge in [-0.2, -0.15) is 0 Å². The molecule has 1 amide bonds. The maximum absolute atomic E-state index is 12.0. The fourth-order valence-electron chi connectivity index (χ4n) is 2.70. The predicted octanol–water partition coefficient (Wildman–Crippen LogP) is 2.68. The van der Waals surface area contributed by atoms with Gasteiger partial charge < -0.3 is 14.8 Å². The highest BCUT2D eigenvalue weighted by molar-refractivity contribution is 6.02. The molecule has 0 aliphatic heterocycles. The van der Waals surface area contributed by atoms with E-state index < -0.39 is 11.9 Å². The van der Waals surface area contributed by atoms with Crippen LogP contribution in [0.1, 0.15) is 59.9 Å². The van der Waals surface area contributed by atoms with Gasteiger partial charge in [0.15, 0.2) is 0 Å². The lowest BCUT2D eigenvalue weighted by Crippen LogP contribution is -2.38. The number of furan rings is 1. The Balaban J connectivity index is 2.00. The molecule has 2 rings (SSSR count). The van der Waals surface area contributed by atoms with E-state index in [0.717, 1.165) is 25.7 Å². The van der Waals surface area contributed by atoms with Crippen molar-refractivity contribution in [1.29, 1.82) is 0 Å². The third kappa shape index (κ3) is 3.16. The molecule has 1 fully saturated rings. The number of carbonyl (C=O) groups is 2. The first-order valence-corrected chi connectivity index (χ1v) is 6.73. The summed E-state index contributed by atoms with van der Waals surface area (Å²) in [5.41, 5.74) is -0.0830. The zero-order valence-corrected chi connectivity index (χ0v) is 11.0. The van der Waals surface area contributed by atoms with E-state index in [4.69, 9.17) is 9.52 Å². The summed E-state index contributed by atoms with van der Waals surface area (Å²) in [5.74, 6) is -1.03. The number of rotatable bonds is 4. The summed E-state index contributed by atoms with van der Waals surface area (Å²) in [6.45, 7) is 2.16. The van der Waals surface area contributed by atoms with E-state index in [1.165, 1.54) is 18.8 Å².